The molecule has 1 fully saturated rings. The van der Waals surface area contributed by atoms with Crippen molar-refractivity contribution < 1.29 is 14.5 Å². The molecule has 148 valence electrons. The maximum Gasteiger partial charge on any atom is 0.363 e. The zero-order valence-electron chi connectivity index (χ0n) is 16.3. The van der Waals surface area contributed by atoms with E-state index in [2.05, 4.69) is 4.99 Å². The molecule has 0 radical (unpaired) electrons. The second-order valence-corrected chi connectivity index (χ2v) is 7.33. The number of nitro benzene ring substituents is 1. The first-order valence-electron chi connectivity index (χ1n) is 9.56. The second kappa shape index (κ2) is 7.50. The molecule has 7 nitrogen and oxygen atoms in total. The molecule has 4 rings (SSSR count). The van der Waals surface area contributed by atoms with Gasteiger partial charge < -0.3 is 9.64 Å². The Hall–Kier alpha value is -3.48. The number of nitrogens with zero attached hydrogens (tertiary/aromatic N) is 3. The van der Waals surface area contributed by atoms with Crippen molar-refractivity contribution in [2.45, 2.75) is 26.7 Å². The third-order valence-corrected chi connectivity index (χ3v) is 5.32. The van der Waals surface area contributed by atoms with Crippen LogP contribution in [0.3, 0.4) is 0 Å². The monoisotopic (exact) mass is 391 g/mol. The molecule has 2 aromatic carbocycles. The molecule has 29 heavy (non-hydrogen) atoms. The summed E-state index contributed by atoms with van der Waals surface area (Å²) >= 11 is 0. The number of hydrogen-bond donors (Lipinski definition) is 0. The molecule has 0 aliphatic carbocycles. The largest absolute Gasteiger partial charge is 0.402 e. The van der Waals surface area contributed by atoms with Gasteiger partial charge in [0.2, 0.25) is 5.90 Å². The molecule has 0 N–H and O–H groups in total. The van der Waals surface area contributed by atoms with Gasteiger partial charge in [0.1, 0.15) is 5.69 Å². The van der Waals surface area contributed by atoms with Crippen LogP contribution < -0.4 is 4.90 Å². The maximum absolute atomic E-state index is 12.3. The highest BCUT2D eigenvalue weighted by Crippen LogP contribution is 2.32. The Bertz CT molecular complexity index is 1070. The Kier molecular flexibility index (Phi) is 4.88. The van der Waals surface area contributed by atoms with Crippen molar-refractivity contribution in [1.82, 2.24) is 0 Å². The highest BCUT2D eigenvalue weighted by atomic mass is 16.6. The summed E-state index contributed by atoms with van der Waals surface area (Å²) in [6.07, 6.45) is 3.59. The number of carbonyl (C=O) groups excluding carboxylic acids is 1. The van der Waals surface area contributed by atoms with Crippen LogP contribution >= 0.6 is 0 Å². The predicted molar refractivity (Wildman–Crippen MR) is 111 cm³/mol. The molecule has 2 aromatic rings. The summed E-state index contributed by atoms with van der Waals surface area (Å²) in [5.41, 5.74) is 4.25. The fourth-order valence-corrected chi connectivity index (χ4v) is 3.57. The second-order valence-electron chi connectivity index (χ2n) is 7.33. The number of esters is 1. The van der Waals surface area contributed by atoms with Gasteiger partial charge in [-0.2, -0.15) is 0 Å². The number of ether oxygens (including phenoxy) is 1. The highest BCUT2D eigenvalue weighted by Gasteiger charge is 2.26. The van der Waals surface area contributed by atoms with E-state index in [-0.39, 0.29) is 22.2 Å². The van der Waals surface area contributed by atoms with Gasteiger partial charge in [0.15, 0.2) is 5.70 Å². The molecule has 0 spiro atoms. The standard InChI is InChI=1S/C22H21N3O4/c1-14-5-7-17(11-15(14)2)21-23-18(22(26)29-21)12-16-6-8-19(20(13-16)25(27)28)24-9-3-4-10-24/h5-8,11-13H,3-4,9-10H2,1-2H3/b18-12+. The van der Waals surface area contributed by atoms with E-state index in [1.807, 2.05) is 36.9 Å². The molecule has 0 aromatic heterocycles. The van der Waals surface area contributed by atoms with Crippen LogP contribution in [0.25, 0.3) is 6.08 Å². The van der Waals surface area contributed by atoms with Gasteiger partial charge in [-0.1, -0.05) is 12.1 Å². The van der Waals surface area contributed by atoms with Crippen molar-refractivity contribution >= 4 is 29.3 Å². The number of aliphatic imine (C=N–C) groups is 1. The Morgan fingerprint density at radius 1 is 1.10 bits per heavy atom. The quantitative estimate of drug-likeness (QED) is 0.338. The van der Waals surface area contributed by atoms with Gasteiger partial charge in [0.25, 0.3) is 5.69 Å². The molecule has 2 aliphatic rings. The minimum absolute atomic E-state index is 0.0333. The summed E-state index contributed by atoms with van der Waals surface area (Å²) in [6, 6.07) is 10.7. The van der Waals surface area contributed by atoms with Crippen LogP contribution in [0.2, 0.25) is 0 Å². The minimum Gasteiger partial charge on any atom is -0.402 e. The van der Waals surface area contributed by atoms with Crippen LogP contribution in [0.4, 0.5) is 11.4 Å². The summed E-state index contributed by atoms with van der Waals surface area (Å²) in [5.74, 6) is -0.322. The molecule has 2 aliphatic heterocycles. The summed E-state index contributed by atoms with van der Waals surface area (Å²) < 4.78 is 5.31. The third-order valence-electron chi connectivity index (χ3n) is 5.32. The van der Waals surface area contributed by atoms with Crippen LogP contribution in [0.15, 0.2) is 47.1 Å². The summed E-state index contributed by atoms with van der Waals surface area (Å²) in [6.45, 7) is 5.62. The number of cyclic esters (lactones) is 1. The number of carbonyl (C=O) groups is 1. The molecule has 1 saturated heterocycles. The Balaban J connectivity index is 1.67. The van der Waals surface area contributed by atoms with E-state index >= 15 is 0 Å². The first-order valence-corrected chi connectivity index (χ1v) is 9.56. The average molecular weight is 391 g/mol. The SMILES string of the molecule is Cc1ccc(C2=N/C(=C/c3ccc(N4CCCC4)c([N+](=O)[O-])c3)C(=O)O2)cc1C. The molecule has 7 heteroatoms. The van der Waals surface area contributed by atoms with Gasteiger partial charge >= 0.3 is 5.97 Å². The molecule has 0 atom stereocenters. The molecule has 0 amide bonds. The first kappa shape index (κ1) is 18.9. The van der Waals surface area contributed by atoms with Crippen LogP contribution in [0.5, 0.6) is 0 Å². The number of benzene rings is 2. The lowest BCUT2D eigenvalue weighted by molar-refractivity contribution is -0.384. The van der Waals surface area contributed by atoms with Gasteiger partial charge in [-0.3, -0.25) is 10.1 Å². The van der Waals surface area contributed by atoms with E-state index < -0.39 is 5.97 Å². The molecular weight excluding hydrogens is 370 g/mol. The fourth-order valence-electron chi connectivity index (χ4n) is 3.57. The minimum atomic E-state index is -0.565. The lowest BCUT2D eigenvalue weighted by atomic mass is 10.1. The van der Waals surface area contributed by atoms with Crippen molar-refractivity contribution in [3.05, 3.63) is 74.5 Å². The predicted octanol–water partition coefficient (Wildman–Crippen LogP) is 4.16. The smallest absolute Gasteiger partial charge is 0.363 e. The zero-order valence-corrected chi connectivity index (χ0v) is 16.3. The van der Waals surface area contributed by atoms with Crippen LogP contribution in [0, 0.1) is 24.0 Å². The number of hydrogen-bond acceptors (Lipinski definition) is 6. The van der Waals surface area contributed by atoms with Gasteiger partial charge in [0, 0.05) is 24.7 Å². The van der Waals surface area contributed by atoms with E-state index in [4.69, 9.17) is 4.74 Å². The third kappa shape index (κ3) is 3.76. The van der Waals surface area contributed by atoms with Crippen LogP contribution in [-0.4, -0.2) is 29.9 Å². The van der Waals surface area contributed by atoms with Crippen molar-refractivity contribution in [2.75, 3.05) is 18.0 Å². The summed E-state index contributed by atoms with van der Waals surface area (Å²) in [5, 5.41) is 11.6. The number of anilines is 1. The van der Waals surface area contributed by atoms with Crippen molar-refractivity contribution in [3.8, 4) is 0 Å². The maximum atomic E-state index is 12.3. The molecule has 0 bridgehead atoms. The van der Waals surface area contributed by atoms with E-state index in [0.29, 0.717) is 11.3 Å². The molecular formula is C22H21N3O4. The lowest BCUT2D eigenvalue weighted by Crippen LogP contribution is -2.18. The van der Waals surface area contributed by atoms with Gasteiger partial charge in [-0.25, -0.2) is 9.79 Å². The zero-order chi connectivity index (χ0) is 20.5. The van der Waals surface area contributed by atoms with E-state index in [9.17, 15) is 14.9 Å². The van der Waals surface area contributed by atoms with Crippen LogP contribution in [0.1, 0.15) is 35.1 Å². The normalized spacial score (nSPS) is 17.6. The fraction of sp³-hybridized carbons (Fsp3) is 0.273. The summed E-state index contributed by atoms with van der Waals surface area (Å²) in [7, 11) is 0. The Morgan fingerprint density at radius 3 is 2.55 bits per heavy atom. The topological polar surface area (TPSA) is 85.0 Å². The molecule has 0 unspecified atom stereocenters. The van der Waals surface area contributed by atoms with E-state index in [1.54, 1.807) is 12.1 Å². The number of aryl methyl sites for hydroxylation is 2. The van der Waals surface area contributed by atoms with Gasteiger partial charge in [-0.15, -0.1) is 0 Å². The average Bonchev–Trinajstić information content (AvgIpc) is 3.34. The van der Waals surface area contributed by atoms with Crippen molar-refractivity contribution in [1.29, 1.82) is 0 Å². The van der Waals surface area contributed by atoms with Crippen molar-refractivity contribution in [3.63, 3.8) is 0 Å². The molecule has 2 heterocycles. The Morgan fingerprint density at radius 2 is 1.86 bits per heavy atom. The van der Waals surface area contributed by atoms with E-state index in [0.717, 1.165) is 42.6 Å². The van der Waals surface area contributed by atoms with Crippen LogP contribution in [-0.2, 0) is 9.53 Å². The van der Waals surface area contributed by atoms with Gasteiger partial charge in [-0.05, 0) is 67.7 Å². The summed E-state index contributed by atoms with van der Waals surface area (Å²) in [4.78, 5) is 29.8. The van der Waals surface area contributed by atoms with Crippen molar-refractivity contribution in [2.24, 2.45) is 4.99 Å². The highest BCUT2D eigenvalue weighted by molar-refractivity contribution is 6.13. The first-order chi connectivity index (χ1) is 13.9. The Labute approximate surface area is 168 Å². The lowest BCUT2D eigenvalue weighted by Gasteiger charge is -2.17. The van der Waals surface area contributed by atoms with E-state index in [1.165, 1.54) is 12.1 Å². The molecule has 0 saturated carbocycles. The van der Waals surface area contributed by atoms with Gasteiger partial charge in [0.05, 0.1) is 4.92 Å². The number of nitro groups is 1. The number of rotatable bonds is 4.